The highest BCUT2D eigenvalue weighted by atomic mass is 16.4. The van der Waals surface area contributed by atoms with Crippen LogP contribution >= 0.6 is 0 Å². The van der Waals surface area contributed by atoms with Gasteiger partial charge in [-0.05, 0) is 81.9 Å². The van der Waals surface area contributed by atoms with Gasteiger partial charge in [-0.3, -0.25) is 67.1 Å². The number of aliphatic hydroxyl groups is 1. The molecule has 1 aromatic rings. The lowest BCUT2D eigenvalue weighted by Crippen LogP contribution is -2.62. The van der Waals surface area contributed by atoms with Crippen molar-refractivity contribution in [2.24, 2.45) is 17.4 Å². The second-order valence-electron chi connectivity index (χ2n) is 20.9. The first kappa shape index (κ1) is 70.3. The highest BCUT2D eigenvalue weighted by Gasteiger charge is 2.43. The Labute approximate surface area is 485 Å². The molecule has 0 spiro atoms. The van der Waals surface area contributed by atoms with Crippen molar-refractivity contribution in [3.63, 3.8) is 0 Å². The molecule has 2 aliphatic rings. The van der Waals surface area contributed by atoms with Crippen molar-refractivity contribution in [3.8, 4) is 5.75 Å². The number of carbonyl (C=O) groups is 15. The Kier molecular flexibility index (Phi) is 27.5. The number of primary amides is 1. The number of aliphatic carboxylic acids is 5. The number of carbonyl (C=O) groups excluding carboxylic acids is 10. The van der Waals surface area contributed by atoms with Crippen molar-refractivity contribution in [2.75, 3.05) is 13.1 Å². The number of phenols is 1. The number of carboxylic acids is 5. The summed E-state index contributed by atoms with van der Waals surface area (Å²) >= 11 is 0. The summed E-state index contributed by atoms with van der Waals surface area (Å²) in [7, 11) is 0. The number of nitrogens with zero attached hydrogens (tertiary/aromatic N) is 2. The van der Waals surface area contributed by atoms with Gasteiger partial charge in [0.1, 0.15) is 60.1 Å². The molecule has 1 aromatic carbocycles. The van der Waals surface area contributed by atoms with Gasteiger partial charge in [0.25, 0.3) is 0 Å². The van der Waals surface area contributed by atoms with Gasteiger partial charge in [0.2, 0.25) is 59.1 Å². The van der Waals surface area contributed by atoms with Crippen molar-refractivity contribution in [2.45, 2.75) is 177 Å². The van der Waals surface area contributed by atoms with Crippen LogP contribution in [0.25, 0.3) is 0 Å². The standard InChI is InChI=1S/C52H75N11O22/c1-24(2)41(48(80)57-31(52(84)85)15-19-39(71)72)60-47(79)35-7-5-21-63(35)51(83)30(14-18-38(69)70)56-49(81)42(25(3)64)61-45(77)32(22-26-8-10-27(65)11-9-26)58-44(76)33(23-40(73)74)59-43(75)29(13-16-36(54)66)55-46(78)34-6-4-20-62(34)50(82)28(53)12-17-37(67)68/h8-11,24-25,28-35,41-42,64-65H,4-7,12-23,53H2,1-3H3,(H2,54,66)(H,55,78)(H,56,81)(H,57,80)(H,58,76)(H,59,75)(H,60,79)(H,61,77)(H,67,68)(H,69,70)(H,71,72)(H,73,74)(H,84,85)/t25-,28+,29+,30+,31+,32+,33+,34+,35+,41+,42+/m1/s1. The summed E-state index contributed by atoms with van der Waals surface area (Å²) in [5.74, 6) is -18.9. The normalized spacial score (nSPS) is 17.9. The van der Waals surface area contributed by atoms with Gasteiger partial charge in [0, 0.05) is 45.2 Å². The number of aliphatic hydroxyl groups excluding tert-OH is 1. The van der Waals surface area contributed by atoms with Crippen LogP contribution in [0, 0.1) is 5.92 Å². The lowest BCUT2D eigenvalue weighted by Gasteiger charge is -2.32. The van der Waals surface area contributed by atoms with Crippen LogP contribution in [0.3, 0.4) is 0 Å². The molecule has 0 unspecified atom stereocenters. The zero-order chi connectivity index (χ0) is 64.0. The Morgan fingerprint density at radius 3 is 1.47 bits per heavy atom. The molecule has 11 atom stereocenters. The van der Waals surface area contributed by atoms with Crippen molar-refractivity contribution >= 4 is 88.9 Å². The van der Waals surface area contributed by atoms with Crippen LogP contribution in [0.4, 0.5) is 0 Å². The van der Waals surface area contributed by atoms with Gasteiger partial charge in [-0.25, -0.2) is 4.79 Å². The fraction of sp³-hybridized carbons (Fsp3) is 0.596. The molecule has 33 heteroatoms. The van der Waals surface area contributed by atoms with Crippen molar-refractivity contribution in [3.05, 3.63) is 29.8 Å². The summed E-state index contributed by atoms with van der Waals surface area (Å²) in [6, 6.07) is -11.4. The highest BCUT2D eigenvalue weighted by molar-refractivity contribution is 6.00. The van der Waals surface area contributed by atoms with E-state index in [0.717, 1.165) is 16.7 Å². The first-order valence-corrected chi connectivity index (χ1v) is 27.1. The fourth-order valence-electron chi connectivity index (χ4n) is 9.27. The zero-order valence-corrected chi connectivity index (χ0v) is 46.9. The number of nitrogens with one attached hydrogen (secondary N) is 7. The topological polar surface area (TPSA) is 540 Å². The third-order valence-corrected chi connectivity index (χ3v) is 13.8. The van der Waals surface area contributed by atoms with Gasteiger partial charge in [-0.1, -0.05) is 26.0 Å². The molecule has 2 heterocycles. The van der Waals surface area contributed by atoms with E-state index < -0.39 is 219 Å². The van der Waals surface area contributed by atoms with Gasteiger partial charge in [0.05, 0.1) is 18.6 Å². The number of nitrogens with two attached hydrogens (primary N) is 2. The first-order valence-electron chi connectivity index (χ1n) is 27.1. The number of likely N-dealkylation sites (tertiary alicyclic amines) is 2. The molecule has 18 N–H and O–H groups in total. The van der Waals surface area contributed by atoms with Crippen molar-refractivity contribution < 1.29 is 108 Å². The van der Waals surface area contributed by atoms with E-state index in [0.29, 0.717) is 0 Å². The quantitative estimate of drug-likeness (QED) is 0.0303. The smallest absolute Gasteiger partial charge is 0.326 e. The van der Waals surface area contributed by atoms with Crippen LogP contribution < -0.4 is 48.7 Å². The van der Waals surface area contributed by atoms with E-state index in [-0.39, 0.29) is 56.5 Å². The van der Waals surface area contributed by atoms with Crippen LogP contribution in [0.5, 0.6) is 5.75 Å². The number of phenolic OH excluding ortho intramolecular Hbond substituents is 1. The monoisotopic (exact) mass is 1210 g/mol. The second-order valence-corrected chi connectivity index (χ2v) is 20.9. The van der Waals surface area contributed by atoms with Crippen LogP contribution in [-0.2, 0) is 78.3 Å². The predicted octanol–water partition coefficient (Wildman–Crippen LogP) is -4.91. The van der Waals surface area contributed by atoms with Crippen molar-refractivity contribution in [1.82, 2.24) is 47.0 Å². The molecule has 10 amide bonds. The first-order chi connectivity index (χ1) is 39.8. The maximum absolute atomic E-state index is 14.3. The predicted molar refractivity (Wildman–Crippen MR) is 288 cm³/mol. The SMILES string of the molecule is CC(C)[C@H](NC(=O)[C@@H]1CCCN1C(=O)[C@H](CCC(=O)O)NC(=O)[C@@H](NC(=O)[C@H](Cc1ccc(O)cc1)NC(=O)[C@H](CC(=O)O)NC(=O)[C@H](CCC(N)=O)NC(=O)[C@@H]1CCCN1C(=O)[C@@H](N)CCC(=O)O)[C@@H](C)O)C(=O)N[C@@H](CCC(=O)O)C(=O)O. The molecular weight excluding hydrogens is 1130 g/mol. The van der Waals surface area contributed by atoms with E-state index in [1.807, 2.05) is 0 Å². The van der Waals surface area contributed by atoms with E-state index in [1.165, 1.54) is 38.1 Å². The molecule has 0 aliphatic carbocycles. The Bertz CT molecular complexity index is 2650. The number of rotatable bonds is 35. The zero-order valence-electron chi connectivity index (χ0n) is 46.9. The third-order valence-electron chi connectivity index (χ3n) is 13.8. The average Bonchev–Trinajstić information content (AvgIpc) is 3.19. The Hall–Kier alpha value is -9.01. The summed E-state index contributed by atoms with van der Waals surface area (Å²) in [5.41, 5.74) is 11.5. The molecule has 2 aliphatic heterocycles. The van der Waals surface area contributed by atoms with Crippen LogP contribution in [0.1, 0.15) is 110 Å². The Morgan fingerprint density at radius 2 is 0.965 bits per heavy atom. The summed E-state index contributed by atoms with van der Waals surface area (Å²) in [6.07, 6.45) is -7.25. The van der Waals surface area contributed by atoms with Crippen LogP contribution in [0.15, 0.2) is 24.3 Å². The lowest BCUT2D eigenvalue weighted by atomic mass is 10.0. The van der Waals surface area contributed by atoms with Gasteiger partial charge in [-0.2, -0.15) is 0 Å². The highest BCUT2D eigenvalue weighted by Crippen LogP contribution is 2.23. The van der Waals surface area contributed by atoms with Gasteiger partial charge >= 0.3 is 29.8 Å². The molecule has 2 saturated heterocycles. The molecule has 470 valence electrons. The average molecular weight is 1210 g/mol. The summed E-state index contributed by atoms with van der Waals surface area (Å²) in [4.78, 5) is 197. The molecule has 85 heavy (non-hydrogen) atoms. The van der Waals surface area contributed by atoms with E-state index in [4.69, 9.17) is 21.7 Å². The third kappa shape index (κ3) is 22.6. The number of hydrogen-bond donors (Lipinski definition) is 16. The number of benzene rings is 1. The largest absolute Gasteiger partial charge is 0.508 e. The number of aromatic hydroxyl groups is 1. The summed E-state index contributed by atoms with van der Waals surface area (Å²) in [6.45, 7) is 3.94. The summed E-state index contributed by atoms with van der Waals surface area (Å²) < 4.78 is 0. The fourth-order valence-corrected chi connectivity index (χ4v) is 9.27. The minimum Gasteiger partial charge on any atom is -0.508 e. The van der Waals surface area contributed by atoms with Gasteiger partial charge in [-0.15, -0.1) is 0 Å². The molecule has 0 saturated carbocycles. The van der Waals surface area contributed by atoms with E-state index in [9.17, 15) is 97.5 Å². The lowest BCUT2D eigenvalue weighted by molar-refractivity contribution is -0.145. The van der Waals surface area contributed by atoms with E-state index in [2.05, 4.69) is 37.2 Å². The molecule has 0 bridgehead atoms. The maximum atomic E-state index is 14.3. The minimum atomic E-state index is -2.08. The number of carboxylic acid groups (broad SMARTS) is 5. The molecule has 3 rings (SSSR count). The second kappa shape index (κ2) is 33.3. The summed E-state index contributed by atoms with van der Waals surface area (Å²) in [5, 5.41) is 84.1. The van der Waals surface area contributed by atoms with E-state index in [1.54, 1.807) is 0 Å². The minimum absolute atomic E-state index is 0.0117. The van der Waals surface area contributed by atoms with Crippen LogP contribution in [-0.4, -0.2) is 214 Å². The Morgan fingerprint density at radius 1 is 0.518 bits per heavy atom. The molecular formula is C52H75N11O22. The van der Waals surface area contributed by atoms with Gasteiger partial charge < -0.3 is 94.2 Å². The van der Waals surface area contributed by atoms with Crippen molar-refractivity contribution in [1.29, 1.82) is 0 Å². The van der Waals surface area contributed by atoms with Crippen LogP contribution in [0.2, 0.25) is 0 Å². The van der Waals surface area contributed by atoms with E-state index >= 15 is 0 Å². The number of hydrogen-bond acceptors (Lipinski definition) is 18. The van der Waals surface area contributed by atoms with Gasteiger partial charge in [0.15, 0.2) is 0 Å². The molecule has 0 aromatic heterocycles. The molecule has 2 fully saturated rings. The Balaban J connectivity index is 1.91. The molecule has 0 radical (unpaired) electrons. The number of amides is 10. The molecule has 33 nitrogen and oxygen atoms in total. The maximum Gasteiger partial charge on any atom is 0.326 e.